The molecule has 0 unspecified atom stereocenters. The summed E-state index contributed by atoms with van der Waals surface area (Å²) in [4.78, 5) is 43.5. The molecule has 2 aliphatic rings. The Morgan fingerprint density at radius 1 is 1.16 bits per heavy atom. The Bertz CT molecular complexity index is 1390. The number of carbonyl (C=O) groups is 3. The summed E-state index contributed by atoms with van der Waals surface area (Å²) in [6.45, 7) is 4.13. The fourth-order valence-corrected chi connectivity index (χ4v) is 4.91. The fourth-order valence-electron chi connectivity index (χ4n) is 4.91. The Kier molecular flexibility index (Phi) is 7.08. The minimum atomic E-state index is -0.862. The predicted octanol–water partition coefficient (Wildman–Crippen LogP) is 3.70. The second-order valence-electron chi connectivity index (χ2n) is 9.13. The predicted molar refractivity (Wildman–Crippen MR) is 138 cm³/mol. The highest BCUT2D eigenvalue weighted by atomic mass is 19.1. The summed E-state index contributed by atoms with van der Waals surface area (Å²) in [5.41, 5.74) is 2.11. The van der Waals surface area contributed by atoms with Gasteiger partial charge in [-0.2, -0.15) is 0 Å². The summed E-state index contributed by atoms with van der Waals surface area (Å²) in [7, 11) is 0. The monoisotopic (exact) mass is 514 g/mol. The maximum atomic E-state index is 14.1. The van der Waals surface area contributed by atoms with Crippen molar-refractivity contribution in [3.63, 3.8) is 0 Å². The van der Waals surface area contributed by atoms with Gasteiger partial charge in [-0.1, -0.05) is 48.5 Å². The Morgan fingerprint density at radius 3 is 2.68 bits per heavy atom. The summed E-state index contributed by atoms with van der Waals surface area (Å²) < 4.78 is 19.4. The van der Waals surface area contributed by atoms with Crippen molar-refractivity contribution in [1.82, 2.24) is 20.4 Å². The van der Waals surface area contributed by atoms with Gasteiger partial charge in [0.15, 0.2) is 0 Å². The van der Waals surface area contributed by atoms with Crippen LogP contribution in [0.15, 0.2) is 101 Å². The van der Waals surface area contributed by atoms with E-state index < -0.39 is 29.8 Å². The molecule has 0 aliphatic carbocycles. The van der Waals surface area contributed by atoms with Gasteiger partial charge in [-0.25, -0.2) is 9.18 Å². The summed E-state index contributed by atoms with van der Waals surface area (Å²) in [5, 5.41) is 5.71. The van der Waals surface area contributed by atoms with Gasteiger partial charge in [0.2, 0.25) is 5.91 Å². The van der Waals surface area contributed by atoms with Crippen LogP contribution >= 0.6 is 0 Å². The molecular weight excluding hydrogens is 487 g/mol. The number of furan rings is 1. The first-order valence-corrected chi connectivity index (χ1v) is 12.3. The van der Waals surface area contributed by atoms with Crippen LogP contribution in [0.25, 0.3) is 0 Å². The number of nitrogens with one attached hydrogen (secondary N) is 2. The summed E-state index contributed by atoms with van der Waals surface area (Å²) in [6.07, 6.45) is 3.36. The highest BCUT2D eigenvalue weighted by Gasteiger charge is 2.47. The zero-order valence-corrected chi connectivity index (χ0v) is 20.6. The van der Waals surface area contributed by atoms with Crippen LogP contribution in [0.4, 0.5) is 9.18 Å². The number of halogens is 1. The Hall–Kier alpha value is -4.66. The number of benzene rings is 2. The quantitative estimate of drug-likeness (QED) is 0.426. The van der Waals surface area contributed by atoms with Crippen molar-refractivity contribution in [3.8, 4) is 0 Å². The third-order valence-corrected chi connectivity index (χ3v) is 6.71. The molecular formula is C29H27FN4O4. The van der Waals surface area contributed by atoms with E-state index in [4.69, 9.17) is 4.42 Å². The van der Waals surface area contributed by atoms with E-state index in [1.54, 1.807) is 24.3 Å². The van der Waals surface area contributed by atoms with E-state index >= 15 is 0 Å². The van der Waals surface area contributed by atoms with Crippen molar-refractivity contribution in [2.45, 2.75) is 25.0 Å². The molecule has 0 saturated carbocycles. The Morgan fingerprint density at radius 2 is 1.97 bits per heavy atom. The minimum absolute atomic E-state index is 0.0485. The molecule has 5 rings (SSSR count). The number of urea groups is 1. The van der Waals surface area contributed by atoms with Gasteiger partial charge in [0, 0.05) is 13.0 Å². The normalized spacial score (nSPS) is 17.8. The van der Waals surface area contributed by atoms with Crippen molar-refractivity contribution in [2.24, 2.45) is 0 Å². The molecule has 3 aromatic rings. The molecule has 1 aromatic heterocycles. The van der Waals surface area contributed by atoms with Crippen LogP contribution in [0, 0.1) is 5.82 Å². The highest BCUT2D eigenvalue weighted by molar-refractivity contribution is 6.03. The van der Waals surface area contributed by atoms with Crippen molar-refractivity contribution in [2.75, 3.05) is 13.1 Å². The molecule has 0 saturated heterocycles. The van der Waals surface area contributed by atoms with Gasteiger partial charge >= 0.3 is 6.03 Å². The lowest BCUT2D eigenvalue weighted by molar-refractivity contribution is -0.136. The second kappa shape index (κ2) is 10.8. The first kappa shape index (κ1) is 25.0. The molecule has 0 fully saturated rings. The summed E-state index contributed by atoms with van der Waals surface area (Å²) in [6, 6.07) is 16.6. The van der Waals surface area contributed by atoms with Crippen molar-refractivity contribution >= 4 is 17.8 Å². The van der Waals surface area contributed by atoms with E-state index in [2.05, 4.69) is 17.2 Å². The molecule has 4 amide bonds. The zero-order chi connectivity index (χ0) is 26.6. The molecule has 9 heteroatoms. The van der Waals surface area contributed by atoms with Crippen molar-refractivity contribution < 1.29 is 23.2 Å². The van der Waals surface area contributed by atoms with Crippen molar-refractivity contribution in [3.05, 3.63) is 120 Å². The average molecular weight is 515 g/mol. The standard InChI is InChI=1S/C29H27FN4O4/c1-2-13-33-24-18-34(28(36)25(24)26(32-29(33)37)20-10-6-11-21(30)16-20)23(15-19-8-4-3-5-9-19)27(35)31-17-22-12-7-14-38-22/h2-12,14,16,23,26H,1,13,15,17-18H2,(H,31,35)(H,32,37)/t23-,26+/m1/s1. The largest absolute Gasteiger partial charge is 0.467 e. The first-order valence-electron chi connectivity index (χ1n) is 12.3. The molecule has 194 valence electrons. The van der Waals surface area contributed by atoms with Gasteiger partial charge in [-0.15, -0.1) is 6.58 Å². The number of hydrogen-bond donors (Lipinski definition) is 2. The minimum Gasteiger partial charge on any atom is -0.467 e. The van der Waals surface area contributed by atoms with Gasteiger partial charge in [0.1, 0.15) is 17.6 Å². The molecule has 3 heterocycles. The zero-order valence-electron chi connectivity index (χ0n) is 20.6. The SMILES string of the molecule is C=CCN1C(=O)N[C@@H](c2cccc(F)c2)C2=C1CN([C@H](Cc1ccccc1)C(=O)NCc1ccco1)C2=O. The number of carbonyl (C=O) groups excluding carboxylic acids is 3. The molecule has 2 aliphatic heterocycles. The topological polar surface area (TPSA) is 94.9 Å². The van der Waals surface area contributed by atoms with Gasteiger partial charge in [-0.05, 0) is 35.4 Å². The molecule has 0 spiro atoms. The van der Waals surface area contributed by atoms with Crippen LogP contribution in [0.5, 0.6) is 0 Å². The van der Waals surface area contributed by atoms with Gasteiger partial charge in [0.25, 0.3) is 5.91 Å². The van der Waals surface area contributed by atoms with E-state index in [0.717, 1.165) is 5.56 Å². The van der Waals surface area contributed by atoms with Crippen LogP contribution in [0.2, 0.25) is 0 Å². The van der Waals surface area contributed by atoms with E-state index in [1.807, 2.05) is 30.3 Å². The lowest BCUT2D eigenvalue weighted by Crippen LogP contribution is -2.49. The third-order valence-electron chi connectivity index (χ3n) is 6.71. The van der Waals surface area contributed by atoms with E-state index in [0.29, 0.717) is 22.6 Å². The lowest BCUT2D eigenvalue weighted by atomic mass is 9.95. The molecule has 0 radical (unpaired) electrons. The molecule has 2 atom stereocenters. The second-order valence-corrected chi connectivity index (χ2v) is 9.13. The third kappa shape index (κ3) is 4.95. The van der Waals surface area contributed by atoms with Crippen LogP contribution in [-0.4, -0.2) is 46.8 Å². The number of rotatable bonds is 9. The van der Waals surface area contributed by atoms with Crippen LogP contribution in [0.1, 0.15) is 22.9 Å². The maximum absolute atomic E-state index is 14.1. The highest BCUT2D eigenvalue weighted by Crippen LogP contribution is 2.37. The Labute approximate surface area is 219 Å². The average Bonchev–Trinajstić information content (AvgIpc) is 3.56. The van der Waals surface area contributed by atoms with Crippen LogP contribution < -0.4 is 10.6 Å². The van der Waals surface area contributed by atoms with Crippen LogP contribution in [0.3, 0.4) is 0 Å². The van der Waals surface area contributed by atoms with Gasteiger partial charge in [-0.3, -0.25) is 14.5 Å². The van der Waals surface area contributed by atoms with Gasteiger partial charge in [0.05, 0.1) is 36.7 Å². The van der Waals surface area contributed by atoms with Crippen LogP contribution in [-0.2, 0) is 22.6 Å². The lowest BCUT2D eigenvalue weighted by Gasteiger charge is -2.33. The van der Waals surface area contributed by atoms with E-state index in [-0.39, 0.29) is 32.0 Å². The molecule has 2 aromatic carbocycles. The molecule has 2 N–H and O–H groups in total. The molecule has 8 nitrogen and oxygen atoms in total. The molecule has 0 bridgehead atoms. The smallest absolute Gasteiger partial charge is 0.322 e. The number of hydrogen-bond acceptors (Lipinski definition) is 4. The fraction of sp³-hybridized carbons (Fsp3) is 0.207. The number of amides is 4. The summed E-state index contributed by atoms with van der Waals surface area (Å²) >= 11 is 0. The Balaban J connectivity index is 1.49. The van der Waals surface area contributed by atoms with E-state index in [1.165, 1.54) is 34.3 Å². The molecule has 38 heavy (non-hydrogen) atoms. The van der Waals surface area contributed by atoms with E-state index in [9.17, 15) is 18.8 Å². The number of nitrogens with zero attached hydrogens (tertiary/aromatic N) is 2. The maximum Gasteiger partial charge on any atom is 0.322 e. The van der Waals surface area contributed by atoms with Gasteiger partial charge < -0.3 is 20.0 Å². The van der Waals surface area contributed by atoms with Crippen molar-refractivity contribution in [1.29, 1.82) is 0 Å². The summed E-state index contributed by atoms with van der Waals surface area (Å²) in [5.74, 6) is -0.637. The first-order chi connectivity index (χ1) is 18.5.